The SMILES string of the molecule is Bc1ccc2c(-c3cnn4cc(-c5ccc(OCCN6CCCCC6)cn5)cnc34)cccc2n1. The molecule has 0 saturated carbocycles. The van der Waals surface area contributed by atoms with Crippen molar-refractivity contribution in [2.75, 3.05) is 26.2 Å². The van der Waals surface area contributed by atoms with Crippen LogP contribution in [0.3, 0.4) is 0 Å². The van der Waals surface area contributed by atoms with Crippen LogP contribution in [0.5, 0.6) is 5.75 Å². The van der Waals surface area contributed by atoms with Crippen LogP contribution in [-0.2, 0) is 0 Å². The molecule has 0 spiro atoms. The lowest BCUT2D eigenvalue weighted by Crippen LogP contribution is -2.33. The van der Waals surface area contributed by atoms with Gasteiger partial charge in [0.2, 0.25) is 0 Å². The van der Waals surface area contributed by atoms with E-state index < -0.39 is 0 Å². The molecule has 0 unspecified atom stereocenters. The van der Waals surface area contributed by atoms with Crippen molar-refractivity contribution in [1.29, 1.82) is 0 Å². The predicted molar refractivity (Wildman–Crippen MR) is 141 cm³/mol. The van der Waals surface area contributed by atoms with Gasteiger partial charge in [-0.2, -0.15) is 5.10 Å². The number of likely N-dealkylation sites (tertiary alicyclic amines) is 1. The van der Waals surface area contributed by atoms with Gasteiger partial charge >= 0.3 is 0 Å². The minimum atomic E-state index is 0.688. The molecule has 1 aromatic carbocycles. The first kappa shape index (κ1) is 21.7. The molecule has 8 heteroatoms. The standard InChI is InChI=1S/C27H27BN6O/c28-26-10-8-22-21(5-4-6-25(22)32-26)23-17-31-34-18-19(15-30-27(23)34)24-9-7-20(16-29-24)35-14-13-33-11-2-1-3-12-33/h4-10,15-18H,1-3,11-14,28H2. The van der Waals surface area contributed by atoms with Crippen LogP contribution in [0, 0.1) is 0 Å². The molecule has 1 saturated heterocycles. The highest BCUT2D eigenvalue weighted by Crippen LogP contribution is 2.30. The van der Waals surface area contributed by atoms with E-state index in [1.807, 2.05) is 61.3 Å². The van der Waals surface area contributed by atoms with Crippen molar-refractivity contribution in [3.63, 3.8) is 0 Å². The number of piperidine rings is 1. The molecular formula is C27H27BN6O. The predicted octanol–water partition coefficient (Wildman–Crippen LogP) is 3.13. The number of ether oxygens (including phenoxy) is 1. The first-order valence-corrected chi connectivity index (χ1v) is 12.3. The summed E-state index contributed by atoms with van der Waals surface area (Å²) >= 11 is 0. The summed E-state index contributed by atoms with van der Waals surface area (Å²) in [5, 5.41) is 5.68. The average Bonchev–Trinajstić information content (AvgIpc) is 3.32. The number of hydrogen-bond acceptors (Lipinski definition) is 6. The molecule has 1 fully saturated rings. The molecule has 5 heterocycles. The van der Waals surface area contributed by atoms with Gasteiger partial charge in [0.1, 0.15) is 12.4 Å². The second-order valence-electron chi connectivity index (χ2n) is 9.12. The van der Waals surface area contributed by atoms with E-state index in [9.17, 15) is 0 Å². The van der Waals surface area contributed by atoms with Gasteiger partial charge in [-0.1, -0.05) is 30.7 Å². The van der Waals surface area contributed by atoms with Crippen molar-refractivity contribution in [2.45, 2.75) is 19.3 Å². The lowest BCUT2D eigenvalue weighted by atomic mass is 9.99. The summed E-state index contributed by atoms with van der Waals surface area (Å²) in [5.41, 5.74) is 6.59. The highest BCUT2D eigenvalue weighted by atomic mass is 16.5. The molecule has 4 aromatic heterocycles. The van der Waals surface area contributed by atoms with E-state index in [2.05, 4.69) is 32.1 Å². The Morgan fingerprint density at radius 1 is 0.886 bits per heavy atom. The van der Waals surface area contributed by atoms with Crippen LogP contribution in [0.4, 0.5) is 0 Å². The van der Waals surface area contributed by atoms with Gasteiger partial charge in [-0.25, -0.2) is 9.50 Å². The van der Waals surface area contributed by atoms with E-state index in [4.69, 9.17) is 9.72 Å². The second-order valence-corrected chi connectivity index (χ2v) is 9.12. The van der Waals surface area contributed by atoms with E-state index in [1.165, 1.54) is 32.4 Å². The number of benzene rings is 1. The van der Waals surface area contributed by atoms with Gasteiger partial charge in [0.25, 0.3) is 0 Å². The Morgan fingerprint density at radius 2 is 1.80 bits per heavy atom. The van der Waals surface area contributed by atoms with Crippen LogP contribution in [0.25, 0.3) is 38.9 Å². The molecule has 0 N–H and O–H groups in total. The molecule has 174 valence electrons. The Labute approximate surface area is 205 Å². The topological polar surface area (TPSA) is 68.4 Å². The van der Waals surface area contributed by atoms with E-state index in [0.717, 1.165) is 56.8 Å². The maximum atomic E-state index is 5.92. The monoisotopic (exact) mass is 462 g/mol. The molecule has 5 aromatic rings. The highest BCUT2D eigenvalue weighted by molar-refractivity contribution is 6.31. The quantitative estimate of drug-likeness (QED) is 0.362. The van der Waals surface area contributed by atoms with Gasteiger partial charge in [0, 0.05) is 35.5 Å². The van der Waals surface area contributed by atoms with E-state index >= 15 is 0 Å². The molecule has 0 radical (unpaired) electrons. The summed E-state index contributed by atoms with van der Waals surface area (Å²) in [6.07, 6.45) is 11.4. The first-order chi connectivity index (χ1) is 17.2. The molecule has 6 rings (SSSR count). The van der Waals surface area contributed by atoms with Gasteiger partial charge in [-0.05, 0) is 55.3 Å². The summed E-state index contributed by atoms with van der Waals surface area (Å²) in [6, 6.07) is 14.3. The lowest BCUT2D eigenvalue weighted by molar-refractivity contribution is 0.183. The van der Waals surface area contributed by atoms with Crippen molar-refractivity contribution in [2.24, 2.45) is 0 Å². The number of nitrogens with zero attached hydrogens (tertiary/aromatic N) is 6. The van der Waals surface area contributed by atoms with Gasteiger partial charge in [0.05, 0.1) is 23.6 Å². The summed E-state index contributed by atoms with van der Waals surface area (Å²) < 4.78 is 7.74. The van der Waals surface area contributed by atoms with E-state index in [0.29, 0.717) is 6.61 Å². The smallest absolute Gasteiger partial charge is 0.163 e. The van der Waals surface area contributed by atoms with Crippen LogP contribution < -0.4 is 10.3 Å². The second kappa shape index (κ2) is 9.46. The van der Waals surface area contributed by atoms with Gasteiger partial charge in [-0.3, -0.25) is 14.9 Å². The normalized spacial score (nSPS) is 14.5. The van der Waals surface area contributed by atoms with Gasteiger partial charge < -0.3 is 4.74 Å². The minimum Gasteiger partial charge on any atom is -0.491 e. The van der Waals surface area contributed by atoms with Gasteiger partial charge in [-0.15, -0.1) is 0 Å². The van der Waals surface area contributed by atoms with Crippen molar-refractivity contribution in [3.8, 4) is 28.1 Å². The fraction of sp³-hybridized carbons (Fsp3) is 0.259. The Hall–Kier alpha value is -3.78. The zero-order valence-corrected chi connectivity index (χ0v) is 19.9. The van der Waals surface area contributed by atoms with Crippen LogP contribution in [0.15, 0.2) is 67.3 Å². The molecule has 1 aliphatic heterocycles. The summed E-state index contributed by atoms with van der Waals surface area (Å²) in [4.78, 5) is 16.5. The maximum absolute atomic E-state index is 5.92. The van der Waals surface area contributed by atoms with Crippen LogP contribution in [-0.4, -0.2) is 63.6 Å². The van der Waals surface area contributed by atoms with Crippen LogP contribution in [0.2, 0.25) is 0 Å². The Bertz CT molecular complexity index is 1480. The Balaban J connectivity index is 1.21. The fourth-order valence-electron chi connectivity index (χ4n) is 4.80. The fourth-order valence-corrected chi connectivity index (χ4v) is 4.80. The zero-order valence-electron chi connectivity index (χ0n) is 19.9. The molecule has 0 atom stereocenters. The number of hydrogen-bond donors (Lipinski definition) is 0. The summed E-state index contributed by atoms with van der Waals surface area (Å²) in [5.74, 6) is 0.793. The van der Waals surface area contributed by atoms with Crippen LogP contribution in [0.1, 0.15) is 19.3 Å². The largest absolute Gasteiger partial charge is 0.491 e. The first-order valence-electron chi connectivity index (χ1n) is 12.3. The molecule has 1 aliphatic rings. The minimum absolute atomic E-state index is 0.688. The van der Waals surface area contributed by atoms with Crippen molar-refractivity contribution in [3.05, 3.63) is 67.3 Å². The number of rotatable bonds is 6. The third kappa shape index (κ3) is 4.49. The van der Waals surface area contributed by atoms with E-state index in [1.54, 1.807) is 6.20 Å². The summed E-state index contributed by atoms with van der Waals surface area (Å²) in [6.45, 7) is 4.02. The third-order valence-corrected chi connectivity index (χ3v) is 6.67. The molecular weight excluding hydrogens is 435 g/mol. The third-order valence-electron chi connectivity index (χ3n) is 6.67. The van der Waals surface area contributed by atoms with Crippen LogP contribution >= 0.6 is 0 Å². The zero-order chi connectivity index (χ0) is 23.6. The highest BCUT2D eigenvalue weighted by Gasteiger charge is 2.13. The number of fused-ring (bicyclic) bond motifs is 2. The maximum Gasteiger partial charge on any atom is 0.163 e. The van der Waals surface area contributed by atoms with E-state index in [-0.39, 0.29) is 0 Å². The molecule has 7 nitrogen and oxygen atoms in total. The Morgan fingerprint density at radius 3 is 2.66 bits per heavy atom. The molecule has 0 amide bonds. The van der Waals surface area contributed by atoms with Gasteiger partial charge in [0.15, 0.2) is 13.5 Å². The number of aromatic nitrogens is 5. The molecule has 0 aliphatic carbocycles. The Kier molecular flexibility index (Phi) is 5.88. The van der Waals surface area contributed by atoms with Crippen molar-refractivity contribution >= 4 is 30.0 Å². The average molecular weight is 462 g/mol. The molecule has 0 bridgehead atoms. The summed E-state index contributed by atoms with van der Waals surface area (Å²) in [7, 11) is 2.01. The van der Waals surface area contributed by atoms with Crippen molar-refractivity contribution < 1.29 is 4.74 Å². The lowest BCUT2D eigenvalue weighted by Gasteiger charge is -2.26. The van der Waals surface area contributed by atoms with Crippen molar-refractivity contribution in [1.82, 2.24) is 29.5 Å². The number of pyridine rings is 2. The molecule has 35 heavy (non-hydrogen) atoms.